The molecule has 2 aromatic rings. The van der Waals surface area contributed by atoms with Gasteiger partial charge >= 0.3 is 0 Å². The maximum absolute atomic E-state index is 12.1. The van der Waals surface area contributed by atoms with Crippen LogP contribution in [-0.2, 0) is 10.0 Å². The third kappa shape index (κ3) is 3.50. The van der Waals surface area contributed by atoms with Gasteiger partial charge in [-0.2, -0.15) is 5.10 Å². The first-order valence-electron chi connectivity index (χ1n) is 8.95. The normalized spacial score (nSPS) is 19.1. The van der Waals surface area contributed by atoms with E-state index in [-0.39, 0.29) is 11.7 Å². The third-order valence-corrected chi connectivity index (χ3v) is 7.92. The molecule has 0 unspecified atom stereocenters. The maximum Gasteiger partial charge on any atom is 0.213 e. The SMILES string of the molecule is CCS(=O)(=O)N1CCC(C(C)(C)[C@H](O)c2cc(Cl)cc3[nH]ncc23)CC1. The molecule has 8 heteroatoms. The molecule has 1 aliphatic heterocycles. The molecule has 0 radical (unpaired) electrons. The van der Waals surface area contributed by atoms with Crippen LogP contribution in [0.5, 0.6) is 0 Å². The summed E-state index contributed by atoms with van der Waals surface area (Å²) >= 11 is 6.21. The molecule has 1 aliphatic rings. The third-order valence-electron chi connectivity index (χ3n) is 5.82. The zero-order chi connectivity index (χ0) is 19.1. The van der Waals surface area contributed by atoms with E-state index in [1.54, 1.807) is 29.6 Å². The number of nitrogens with one attached hydrogen (secondary N) is 1. The Bertz CT molecular complexity index is 886. The first-order chi connectivity index (χ1) is 12.2. The Morgan fingerprint density at radius 3 is 2.65 bits per heavy atom. The lowest BCUT2D eigenvalue weighted by molar-refractivity contribution is -0.0112. The van der Waals surface area contributed by atoms with Gasteiger partial charge in [-0.25, -0.2) is 12.7 Å². The van der Waals surface area contributed by atoms with E-state index in [4.69, 9.17) is 11.6 Å². The molecular formula is C18H26ClN3O3S. The molecule has 1 aromatic heterocycles. The second-order valence-corrected chi connectivity index (χ2v) is 10.3. The van der Waals surface area contributed by atoms with E-state index < -0.39 is 21.5 Å². The zero-order valence-electron chi connectivity index (χ0n) is 15.4. The number of sulfonamides is 1. The van der Waals surface area contributed by atoms with Crippen molar-refractivity contribution in [3.8, 4) is 0 Å². The Balaban J connectivity index is 1.83. The zero-order valence-corrected chi connectivity index (χ0v) is 16.9. The van der Waals surface area contributed by atoms with E-state index in [0.29, 0.717) is 18.1 Å². The summed E-state index contributed by atoms with van der Waals surface area (Å²) in [6.45, 7) is 6.77. The Kier molecular flexibility index (Phi) is 5.36. The van der Waals surface area contributed by atoms with Crippen molar-refractivity contribution < 1.29 is 13.5 Å². The molecule has 0 bridgehead atoms. The van der Waals surface area contributed by atoms with Crippen molar-refractivity contribution in [2.75, 3.05) is 18.8 Å². The molecule has 1 fully saturated rings. The average Bonchev–Trinajstić information content (AvgIpc) is 3.08. The van der Waals surface area contributed by atoms with Crippen LogP contribution in [0.15, 0.2) is 18.3 Å². The van der Waals surface area contributed by atoms with E-state index in [9.17, 15) is 13.5 Å². The van der Waals surface area contributed by atoms with Gasteiger partial charge in [0, 0.05) is 23.5 Å². The predicted molar refractivity (Wildman–Crippen MR) is 104 cm³/mol. The second-order valence-electron chi connectivity index (χ2n) is 7.62. The quantitative estimate of drug-likeness (QED) is 0.807. The summed E-state index contributed by atoms with van der Waals surface area (Å²) in [5.74, 6) is 0.340. The second kappa shape index (κ2) is 7.11. The molecule has 144 valence electrons. The van der Waals surface area contributed by atoms with Crippen LogP contribution in [0.25, 0.3) is 10.9 Å². The van der Waals surface area contributed by atoms with Gasteiger partial charge in [0.2, 0.25) is 10.0 Å². The first-order valence-corrected chi connectivity index (χ1v) is 10.9. The minimum Gasteiger partial charge on any atom is -0.388 e. The highest BCUT2D eigenvalue weighted by molar-refractivity contribution is 7.89. The number of rotatable bonds is 5. The molecule has 0 spiro atoms. The highest BCUT2D eigenvalue weighted by Gasteiger charge is 2.41. The highest BCUT2D eigenvalue weighted by Crippen LogP contribution is 2.46. The number of aliphatic hydroxyl groups excluding tert-OH is 1. The van der Waals surface area contributed by atoms with E-state index in [0.717, 1.165) is 29.3 Å². The number of aromatic amines is 1. The highest BCUT2D eigenvalue weighted by atomic mass is 35.5. The van der Waals surface area contributed by atoms with Crippen molar-refractivity contribution in [1.82, 2.24) is 14.5 Å². The van der Waals surface area contributed by atoms with Crippen LogP contribution < -0.4 is 0 Å². The predicted octanol–water partition coefficient (Wildman–Crippen LogP) is 3.34. The van der Waals surface area contributed by atoms with E-state index in [1.807, 2.05) is 13.8 Å². The molecule has 6 nitrogen and oxygen atoms in total. The van der Waals surface area contributed by atoms with Crippen LogP contribution in [-0.4, -0.2) is 46.9 Å². The van der Waals surface area contributed by atoms with Gasteiger partial charge in [0.15, 0.2) is 0 Å². The first kappa shape index (κ1) is 19.6. The van der Waals surface area contributed by atoms with Gasteiger partial charge in [-0.05, 0) is 48.8 Å². The van der Waals surface area contributed by atoms with Crippen molar-refractivity contribution in [1.29, 1.82) is 0 Å². The minimum atomic E-state index is -3.15. The molecule has 1 aromatic carbocycles. The molecule has 0 saturated carbocycles. The molecule has 0 amide bonds. The Hall–Kier alpha value is -1.15. The number of piperidine rings is 1. The number of halogens is 1. The Labute approximate surface area is 159 Å². The average molecular weight is 400 g/mol. The van der Waals surface area contributed by atoms with Crippen molar-refractivity contribution >= 4 is 32.5 Å². The van der Waals surface area contributed by atoms with Gasteiger partial charge < -0.3 is 5.11 Å². The van der Waals surface area contributed by atoms with Gasteiger partial charge in [0.05, 0.1) is 23.6 Å². The van der Waals surface area contributed by atoms with Gasteiger partial charge in [0.1, 0.15) is 0 Å². The summed E-state index contributed by atoms with van der Waals surface area (Å²) in [6.07, 6.45) is 2.45. The van der Waals surface area contributed by atoms with Crippen LogP contribution in [0.4, 0.5) is 0 Å². The van der Waals surface area contributed by atoms with E-state index in [1.165, 1.54) is 0 Å². The van der Waals surface area contributed by atoms with Crippen LogP contribution >= 0.6 is 11.6 Å². The van der Waals surface area contributed by atoms with Crippen LogP contribution in [0, 0.1) is 11.3 Å². The number of nitrogens with zero attached hydrogens (tertiary/aromatic N) is 2. The number of benzene rings is 1. The molecule has 1 atom stereocenters. The van der Waals surface area contributed by atoms with Gasteiger partial charge in [0.25, 0.3) is 0 Å². The van der Waals surface area contributed by atoms with Crippen molar-refractivity contribution in [2.45, 2.75) is 39.7 Å². The molecule has 3 rings (SSSR count). The lowest BCUT2D eigenvalue weighted by Gasteiger charge is -2.43. The van der Waals surface area contributed by atoms with Crippen LogP contribution in [0.3, 0.4) is 0 Å². The molecule has 2 N–H and O–H groups in total. The topological polar surface area (TPSA) is 86.3 Å². The molecule has 2 heterocycles. The fourth-order valence-electron chi connectivity index (χ4n) is 3.95. The largest absolute Gasteiger partial charge is 0.388 e. The number of aromatic nitrogens is 2. The van der Waals surface area contributed by atoms with Crippen molar-refractivity contribution in [3.63, 3.8) is 0 Å². The van der Waals surface area contributed by atoms with E-state index >= 15 is 0 Å². The number of hydrogen-bond donors (Lipinski definition) is 2. The summed E-state index contributed by atoms with van der Waals surface area (Å²) in [5, 5.41) is 19.5. The Morgan fingerprint density at radius 1 is 1.38 bits per heavy atom. The smallest absolute Gasteiger partial charge is 0.213 e. The minimum absolute atomic E-state index is 0.130. The number of H-pyrrole nitrogens is 1. The van der Waals surface area contributed by atoms with Crippen molar-refractivity contribution in [3.05, 3.63) is 28.9 Å². The van der Waals surface area contributed by atoms with Crippen LogP contribution in [0.1, 0.15) is 45.3 Å². The summed E-state index contributed by atoms with van der Waals surface area (Å²) < 4.78 is 25.7. The van der Waals surface area contributed by atoms with Gasteiger partial charge in [-0.1, -0.05) is 25.4 Å². The van der Waals surface area contributed by atoms with E-state index in [2.05, 4.69) is 10.2 Å². The summed E-state index contributed by atoms with van der Waals surface area (Å²) in [6, 6.07) is 3.59. The Morgan fingerprint density at radius 2 is 2.04 bits per heavy atom. The lowest BCUT2D eigenvalue weighted by atomic mass is 9.68. The standard InChI is InChI=1S/C18H26ClN3O3S/c1-4-26(24,25)22-7-5-12(6-8-22)18(2,3)17(23)14-9-13(19)10-16-15(14)11-20-21-16/h9-12,17,23H,4-8H2,1-3H3,(H,20,21)/t17-/m1/s1. The maximum atomic E-state index is 12.1. The molecule has 1 saturated heterocycles. The summed E-state index contributed by atoms with van der Waals surface area (Å²) in [7, 11) is -3.15. The number of fused-ring (bicyclic) bond motifs is 1. The number of hydrogen-bond acceptors (Lipinski definition) is 4. The summed E-state index contributed by atoms with van der Waals surface area (Å²) in [5.41, 5.74) is 1.14. The number of aliphatic hydroxyl groups is 1. The van der Waals surface area contributed by atoms with Gasteiger partial charge in [-0.15, -0.1) is 0 Å². The lowest BCUT2D eigenvalue weighted by Crippen LogP contribution is -2.44. The summed E-state index contributed by atoms with van der Waals surface area (Å²) in [4.78, 5) is 0. The van der Waals surface area contributed by atoms with Crippen molar-refractivity contribution in [2.24, 2.45) is 11.3 Å². The molecule has 26 heavy (non-hydrogen) atoms. The van der Waals surface area contributed by atoms with Gasteiger partial charge in [-0.3, -0.25) is 5.10 Å². The fraction of sp³-hybridized carbons (Fsp3) is 0.611. The fourth-order valence-corrected chi connectivity index (χ4v) is 5.31. The molecule has 0 aliphatic carbocycles. The monoisotopic (exact) mass is 399 g/mol. The van der Waals surface area contributed by atoms with Crippen LogP contribution in [0.2, 0.25) is 5.02 Å². The molecular weight excluding hydrogens is 374 g/mol.